The number of Topliss-reactive ketones (excluding diaryl/α,β-unsaturated/α-hetero) is 1. The van der Waals surface area contributed by atoms with Crippen LogP contribution in [-0.2, 0) is 22.9 Å². The average molecular weight is 484 g/mol. The largest absolute Gasteiger partial charge is 0.367 e. The Morgan fingerprint density at radius 2 is 1.76 bits per heavy atom. The van der Waals surface area contributed by atoms with E-state index in [-0.39, 0.29) is 35.0 Å². The van der Waals surface area contributed by atoms with Crippen LogP contribution in [0.4, 0.5) is 10.1 Å². The number of sulfonamides is 1. The molecule has 1 aromatic heterocycles. The van der Waals surface area contributed by atoms with Crippen LogP contribution in [0, 0.1) is 11.2 Å². The Bertz CT molecular complexity index is 1390. The number of para-hydroxylation sites is 1. The van der Waals surface area contributed by atoms with Crippen LogP contribution < -0.4 is 4.90 Å². The number of aromatic nitrogens is 1. The third-order valence-electron chi connectivity index (χ3n) is 7.06. The molecule has 2 aliphatic rings. The Balaban J connectivity index is 1.48. The summed E-state index contributed by atoms with van der Waals surface area (Å²) in [7, 11) is -3.74. The number of rotatable bonds is 4. The SMILES string of the molecule is CCc1cc2c3c([nH]c2cc1S(=O)(=O)N1CCN(c2ccccc2F)CC1)CC(C)(C)CC3=O. The lowest BCUT2D eigenvalue weighted by atomic mass is 9.76. The minimum atomic E-state index is -3.74. The van der Waals surface area contributed by atoms with Crippen molar-refractivity contribution in [1.82, 2.24) is 9.29 Å². The van der Waals surface area contributed by atoms with Crippen LogP contribution >= 0.6 is 0 Å². The van der Waals surface area contributed by atoms with E-state index in [4.69, 9.17) is 0 Å². The Kier molecular flexibility index (Phi) is 5.56. The summed E-state index contributed by atoms with van der Waals surface area (Å²) in [6, 6.07) is 10.1. The zero-order valence-electron chi connectivity index (χ0n) is 19.8. The summed E-state index contributed by atoms with van der Waals surface area (Å²) in [5.74, 6) is -0.189. The van der Waals surface area contributed by atoms with E-state index >= 15 is 0 Å². The third kappa shape index (κ3) is 3.82. The number of carbonyl (C=O) groups excluding carboxylic acids is 1. The number of ketones is 1. The van der Waals surface area contributed by atoms with Gasteiger partial charge < -0.3 is 9.88 Å². The lowest BCUT2D eigenvalue weighted by molar-refractivity contribution is 0.0913. The quantitative estimate of drug-likeness (QED) is 0.592. The van der Waals surface area contributed by atoms with Crippen molar-refractivity contribution in [1.29, 1.82) is 0 Å². The van der Waals surface area contributed by atoms with E-state index in [1.807, 2.05) is 17.9 Å². The molecule has 8 heteroatoms. The van der Waals surface area contributed by atoms with Crippen LogP contribution in [0.1, 0.15) is 48.8 Å². The van der Waals surface area contributed by atoms with E-state index in [0.717, 1.165) is 17.5 Å². The third-order valence-corrected chi connectivity index (χ3v) is 9.04. The molecule has 180 valence electrons. The van der Waals surface area contributed by atoms with Crippen molar-refractivity contribution in [3.05, 3.63) is 59.0 Å². The van der Waals surface area contributed by atoms with E-state index < -0.39 is 10.0 Å². The minimum absolute atomic E-state index is 0.111. The minimum Gasteiger partial charge on any atom is -0.367 e. The molecule has 5 rings (SSSR count). The molecule has 0 radical (unpaired) electrons. The Hall–Kier alpha value is -2.71. The second kappa shape index (κ2) is 8.20. The van der Waals surface area contributed by atoms with Gasteiger partial charge in [0, 0.05) is 54.8 Å². The van der Waals surface area contributed by atoms with E-state index in [9.17, 15) is 17.6 Å². The number of nitrogens with zero attached hydrogens (tertiary/aromatic N) is 2. The van der Waals surface area contributed by atoms with Gasteiger partial charge in [-0.2, -0.15) is 4.31 Å². The number of piperazine rings is 1. The number of carbonyl (C=O) groups is 1. The smallest absolute Gasteiger partial charge is 0.243 e. The van der Waals surface area contributed by atoms with Crippen molar-refractivity contribution in [3.8, 4) is 0 Å². The summed E-state index contributed by atoms with van der Waals surface area (Å²) in [6.45, 7) is 7.49. The number of fused-ring (bicyclic) bond motifs is 3. The van der Waals surface area contributed by atoms with Gasteiger partial charge in [-0.05, 0) is 48.1 Å². The molecule has 0 unspecified atom stereocenters. The molecule has 34 heavy (non-hydrogen) atoms. The second-order valence-electron chi connectivity index (χ2n) is 10.1. The second-order valence-corrected chi connectivity index (χ2v) is 12.0. The number of aryl methyl sites for hydroxylation is 1. The van der Waals surface area contributed by atoms with Crippen LogP contribution in [0.15, 0.2) is 41.3 Å². The summed E-state index contributed by atoms with van der Waals surface area (Å²) >= 11 is 0. The number of anilines is 1. The van der Waals surface area contributed by atoms with Crippen LogP contribution in [0.25, 0.3) is 10.9 Å². The van der Waals surface area contributed by atoms with Crippen LogP contribution in [-0.4, -0.2) is 49.7 Å². The first-order valence-corrected chi connectivity index (χ1v) is 13.2. The summed E-state index contributed by atoms with van der Waals surface area (Å²) in [6.07, 6.45) is 1.78. The van der Waals surface area contributed by atoms with Gasteiger partial charge >= 0.3 is 0 Å². The highest BCUT2D eigenvalue weighted by molar-refractivity contribution is 7.89. The zero-order valence-corrected chi connectivity index (χ0v) is 20.6. The topological polar surface area (TPSA) is 73.5 Å². The molecule has 1 aliphatic carbocycles. The van der Waals surface area contributed by atoms with E-state index in [0.29, 0.717) is 48.3 Å². The van der Waals surface area contributed by atoms with Crippen LogP contribution in [0.3, 0.4) is 0 Å². The predicted molar refractivity (Wildman–Crippen MR) is 131 cm³/mol. The molecule has 2 heterocycles. The van der Waals surface area contributed by atoms with Crippen molar-refractivity contribution >= 4 is 32.4 Å². The number of nitrogens with one attached hydrogen (secondary N) is 1. The summed E-state index contributed by atoms with van der Waals surface area (Å²) in [4.78, 5) is 18.4. The first-order chi connectivity index (χ1) is 16.1. The normalized spacial score (nSPS) is 18.9. The van der Waals surface area contributed by atoms with E-state index in [1.165, 1.54) is 10.4 Å². The molecule has 0 saturated carbocycles. The predicted octanol–water partition coefficient (Wildman–Crippen LogP) is 4.54. The van der Waals surface area contributed by atoms with Crippen LogP contribution in [0.2, 0.25) is 0 Å². The Morgan fingerprint density at radius 1 is 1.06 bits per heavy atom. The maximum absolute atomic E-state index is 14.2. The summed E-state index contributed by atoms with van der Waals surface area (Å²) in [5, 5.41) is 0.815. The van der Waals surface area contributed by atoms with Crippen molar-refractivity contribution in [2.75, 3.05) is 31.1 Å². The number of aromatic amines is 1. The highest BCUT2D eigenvalue weighted by Crippen LogP contribution is 2.39. The van der Waals surface area contributed by atoms with Crippen molar-refractivity contribution in [3.63, 3.8) is 0 Å². The summed E-state index contributed by atoms with van der Waals surface area (Å²) < 4.78 is 43.0. The number of halogens is 1. The molecule has 6 nitrogen and oxygen atoms in total. The van der Waals surface area contributed by atoms with Crippen LogP contribution in [0.5, 0.6) is 0 Å². The maximum Gasteiger partial charge on any atom is 0.243 e. The standard InChI is InChI=1S/C26H30FN3O3S/c1-4-17-13-18-20(28-21-15-26(2,3)16-23(31)25(18)21)14-24(17)34(32,33)30-11-9-29(10-12-30)22-8-6-5-7-19(22)27/h5-8,13-14,28H,4,9-12,15-16H2,1-3H3. The molecule has 0 atom stereocenters. The fourth-order valence-electron chi connectivity index (χ4n) is 5.37. The van der Waals surface area contributed by atoms with Gasteiger partial charge in [-0.15, -0.1) is 0 Å². The molecule has 0 amide bonds. The van der Waals surface area contributed by atoms with Gasteiger partial charge in [0.25, 0.3) is 0 Å². The molecule has 1 saturated heterocycles. The Labute approximate surface area is 199 Å². The van der Waals surface area contributed by atoms with Gasteiger partial charge in [0.05, 0.1) is 10.6 Å². The van der Waals surface area contributed by atoms with Gasteiger partial charge in [-0.3, -0.25) is 4.79 Å². The first kappa shape index (κ1) is 23.1. The lowest BCUT2D eigenvalue weighted by Crippen LogP contribution is -2.49. The van der Waals surface area contributed by atoms with Gasteiger partial charge in [-0.1, -0.05) is 32.9 Å². The van der Waals surface area contributed by atoms with Crippen molar-refractivity contribution in [2.45, 2.75) is 44.9 Å². The summed E-state index contributed by atoms with van der Waals surface area (Å²) in [5.41, 5.74) is 3.39. The highest BCUT2D eigenvalue weighted by atomic mass is 32.2. The molecule has 0 spiro atoms. The molecular weight excluding hydrogens is 453 g/mol. The fourth-order valence-corrected chi connectivity index (χ4v) is 7.09. The van der Waals surface area contributed by atoms with Crippen molar-refractivity contribution in [2.24, 2.45) is 5.41 Å². The molecule has 2 aromatic carbocycles. The Morgan fingerprint density at radius 3 is 2.44 bits per heavy atom. The number of benzene rings is 2. The number of hydrogen-bond acceptors (Lipinski definition) is 4. The molecule has 0 bridgehead atoms. The fraction of sp³-hybridized carbons (Fsp3) is 0.423. The molecule has 3 aromatic rings. The molecule has 1 N–H and O–H groups in total. The molecule has 1 aliphatic heterocycles. The van der Waals surface area contributed by atoms with Gasteiger partial charge in [0.15, 0.2) is 5.78 Å². The lowest BCUT2D eigenvalue weighted by Gasteiger charge is -2.35. The van der Waals surface area contributed by atoms with E-state index in [2.05, 4.69) is 18.8 Å². The number of H-pyrrole nitrogens is 1. The zero-order chi connectivity index (χ0) is 24.3. The van der Waals surface area contributed by atoms with Gasteiger partial charge in [-0.25, -0.2) is 12.8 Å². The number of hydrogen-bond donors (Lipinski definition) is 1. The highest BCUT2D eigenvalue weighted by Gasteiger charge is 2.35. The van der Waals surface area contributed by atoms with Gasteiger partial charge in [0.1, 0.15) is 5.82 Å². The molecule has 1 fully saturated rings. The van der Waals surface area contributed by atoms with Crippen molar-refractivity contribution < 1.29 is 17.6 Å². The first-order valence-electron chi connectivity index (χ1n) is 11.8. The maximum atomic E-state index is 14.2. The average Bonchev–Trinajstić information content (AvgIpc) is 3.14. The monoisotopic (exact) mass is 483 g/mol. The van der Waals surface area contributed by atoms with E-state index in [1.54, 1.807) is 24.3 Å². The van der Waals surface area contributed by atoms with Gasteiger partial charge in [0.2, 0.25) is 10.0 Å². The molecular formula is C26H30FN3O3S.